The van der Waals surface area contributed by atoms with Crippen molar-refractivity contribution in [1.29, 1.82) is 0 Å². The summed E-state index contributed by atoms with van der Waals surface area (Å²) in [7, 11) is 0. The molecule has 0 unspecified atom stereocenters. The predicted octanol–water partition coefficient (Wildman–Crippen LogP) is 2.34. The molecule has 0 radical (unpaired) electrons. The monoisotopic (exact) mass is 293 g/mol. The number of nitrogens with zero attached hydrogens (tertiary/aromatic N) is 2. The third-order valence-corrected chi connectivity index (χ3v) is 4.00. The first-order chi connectivity index (χ1) is 9.72. The molecular weight excluding hydrogens is 278 g/mol. The van der Waals surface area contributed by atoms with Gasteiger partial charge >= 0.3 is 0 Å². The number of carbonyl (C=O) groups is 1. The van der Waals surface area contributed by atoms with Gasteiger partial charge in [0.1, 0.15) is 0 Å². The van der Waals surface area contributed by atoms with Crippen LogP contribution >= 0.6 is 11.8 Å². The van der Waals surface area contributed by atoms with Crippen LogP contribution in [-0.2, 0) is 4.79 Å². The van der Waals surface area contributed by atoms with Crippen LogP contribution in [0.25, 0.3) is 11.7 Å². The molecule has 1 aliphatic rings. The lowest BCUT2D eigenvalue weighted by Gasteiger charge is -2.11. The molecule has 2 heterocycles. The van der Waals surface area contributed by atoms with Crippen LogP contribution < -0.4 is 5.32 Å². The van der Waals surface area contributed by atoms with E-state index in [0.717, 1.165) is 0 Å². The van der Waals surface area contributed by atoms with E-state index < -0.39 is 0 Å². The number of nitrogens with one attached hydrogen (secondary N) is 1. The number of hydrogen-bond donors (Lipinski definition) is 1. The highest BCUT2D eigenvalue weighted by Gasteiger charge is 2.28. The molecule has 20 heavy (non-hydrogen) atoms. The minimum absolute atomic E-state index is 0.00727. The number of carbonyl (C=O) groups excluding carboxylic acids is 1. The third kappa shape index (κ3) is 3.22. The van der Waals surface area contributed by atoms with Crippen molar-refractivity contribution in [2.45, 2.75) is 31.0 Å². The van der Waals surface area contributed by atoms with Crippen LogP contribution in [0, 0.1) is 5.92 Å². The Bertz CT molecular complexity index is 577. The van der Waals surface area contributed by atoms with E-state index in [1.807, 2.05) is 6.92 Å². The summed E-state index contributed by atoms with van der Waals surface area (Å²) in [4.78, 5) is 11.8. The second kappa shape index (κ2) is 5.70. The fourth-order valence-corrected chi connectivity index (χ4v) is 2.48. The Morgan fingerprint density at radius 3 is 3.10 bits per heavy atom. The molecule has 1 N–H and O–H groups in total. The molecule has 3 rings (SSSR count). The van der Waals surface area contributed by atoms with Gasteiger partial charge in [-0.05, 0) is 37.8 Å². The quantitative estimate of drug-likeness (QED) is 0.823. The molecule has 1 amide bonds. The van der Waals surface area contributed by atoms with Crippen LogP contribution in [0.2, 0.25) is 0 Å². The van der Waals surface area contributed by atoms with Crippen LogP contribution in [0.3, 0.4) is 0 Å². The molecule has 1 aliphatic carbocycles. The molecule has 106 valence electrons. The minimum Gasteiger partial charge on any atom is -0.459 e. The van der Waals surface area contributed by atoms with E-state index in [1.54, 1.807) is 18.4 Å². The Balaban J connectivity index is 1.49. The molecule has 1 saturated carbocycles. The Morgan fingerprint density at radius 1 is 1.55 bits per heavy atom. The van der Waals surface area contributed by atoms with Crippen LogP contribution in [-0.4, -0.2) is 27.9 Å². The van der Waals surface area contributed by atoms with Crippen molar-refractivity contribution in [3.63, 3.8) is 0 Å². The van der Waals surface area contributed by atoms with Gasteiger partial charge in [0.25, 0.3) is 11.1 Å². The predicted molar refractivity (Wildman–Crippen MR) is 73.1 cm³/mol. The van der Waals surface area contributed by atoms with Crippen LogP contribution in [0.5, 0.6) is 0 Å². The lowest BCUT2D eigenvalue weighted by Crippen LogP contribution is -2.35. The summed E-state index contributed by atoms with van der Waals surface area (Å²) in [6.07, 6.45) is 3.97. The maximum Gasteiger partial charge on any atom is 0.284 e. The van der Waals surface area contributed by atoms with E-state index in [9.17, 15) is 4.79 Å². The van der Waals surface area contributed by atoms with E-state index >= 15 is 0 Å². The highest BCUT2D eigenvalue weighted by atomic mass is 32.2. The molecule has 0 aliphatic heterocycles. The lowest BCUT2D eigenvalue weighted by molar-refractivity contribution is -0.119. The van der Waals surface area contributed by atoms with Gasteiger partial charge in [-0.15, -0.1) is 10.2 Å². The van der Waals surface area contributed by atoms with E-state index in [0.29, 0.717) is 22.8 Å². The number of thioether (sulfide) groups is 1. The topological polar surface area (TPSA) is 81.2 Å². The number of aromatic nitrogens is 2. The zero-order valence-electron chi connectivity index (χ0n) is 11.0. The molecule has 6 nitrogen and oxygen atoms in total. The number of amides is 1. The summed E-state index contributed by atoms with van der Waals surface area (Å²) < 4.78 is 10.6. The molecule has 0 spiro atoms. The second-order valence-electron chi connectivity index (χ2n) is 4.83. The van der Waals surface area contributed by atoms with Crippen molar-refractivity contribution >= 4 is 17.7 Å². The summed E-state index contributed by atoms with van der Waals surface area (Å²) in [5, 5.41) is 11.1. The zero-order chi connectivity index (χ0) is 13.9. The van der Waals surface area contributed by atoms with E-state index in [4.69, 9.17) is 8.83 Å². The van der Waals surface area contributed by atoms with Crippen LogP contribution in [0.15, 0.2) is 32.5 Å². The first kappa shape index (κ1) is 13.2. The van der Waals surface area contributed by atoms with Gasteiger partial charge in [-0.25, -0.2) is 0 Å². The Hall–Kier alpha value is -1.76. The van der Waals surface area contributed by atoms with E-state index in [-0.39, 0.29) is 17.7 Å². The summed E-state index contributed by atoms with van der Waals surface area (Å²) in [5.74, 6) is 1.77. The van der Waals surface area contributed by atoms with Crippen LogP contribution in [0.4, 0.5) is 0 Å². The number of rotatable bonds is 6. The molecule has 0 bridgehead atoms. The van der Waals surface area contributed by atoms with Gasteiger partial charge in [-0.1, -0.05) is 11.8 Å². The summed E-state index contributed by atoms with van der Waals surface area (Å²) >= 11 is 1.23. The second-order valence-corrected chi connectivity index (χ2v) is 5.76. The van der Waals surface area contributed by atoms with Gasteiger partial charge in [0.05, 0.1) is 12.0 Å². The average Bonchev–Trinajstić information content (AvgIpc) is 2.96. The first-order valence-electron chi connectivity index (χ1n) is 6.52. The summed E-state index contributed by atoms with van der Waals surface area (Å²) in [6.45, 7) is 2.04. The average molecular weight is 293 g/mol. The largest absolute Gasteiger partial charge is 0.459 e. The Morgan fingerprint density at radius 2 is 2.40 bits per heavy atom. The van der Waals surface area contributed by atoms with Crippen molar-refractivity contribution in [2.24, 2.45) is 5.92 Å². The van der Waals surface area contributed by atoms with E-state index in [2.05, 4.69) is 15.5 Å². The smallest absolute Gasteiger partial charge is 0.284 e. The van der Waals surface area contributed by atoms with Crippen molar-refractivity contribution in [3.8, 4) is 11.7 Å². The van der Waals surface area contributed by atoms with Crippen molar-refractivity contribution in [2.75, 3.05) is 5.75 Å². The number of furan rings is 1. The molecule has 1 atom stereocenters. The fourth-order valence-electron chi connectivity index (χ4n) is 1.90. The van der Waals surface area contributed by atoms with Crippen LogP contribution in [0.1, 0.15) is 19.8 Å². The van der Waals surface area contributed by atoms with Gasteiger partial charge < -0.3 is 14.2 Å². The van der Waals surface area contributed by atoms with Crippen molar-refractivity contribution in [1.82, 2.24) is 15.5 Å². The van der Waals surface area contributed by atoms with Crippen molar-refractivity contribution in [3.05, 3.63) is 18.4 Å². The van der Waals surface area contributed by atoms with E-state index in [1.165, 1.54) is 24.6 Å². The zero-order valence-corrected chi connectivity index (χ0v) is 11.9. The standard InChI is InChI=1S/C13H15N3O3S/c1-8(9-4-5-9)14-11(17)7-20-13-16-15-12(19-13)10-3-2-6-18-10/h2-3,6,8-9H,4-5,7H2,1H3,(H,14,17)/t8-/m0/s1. The molecule has 7 heteroatoms. The van der Waals surface area contributed by atoms with Gasteiger partial charge in [0, 0.05) is 6.04 Å². The molecule has 0 aromatic carbocycles. The van der Waals surface area contributed by atoms with Gasteiger partial charge in [-0.2, -0.15) is 0 Å². The minimum atomic E-state index is -0.00727. The number of hydrogen-bond acceptors (Lipinski definition) is 6. The molecule has 2 aromatic rings. The molecule has 0 saturated heterocycles. The van der Waals surface area contributed by atoms with Gasteiger partial charge in [-0.3, -0.25) is 4.79 Å². The third-order valence-electron chi connectivity index (χ3n) is 3.18. The SMILES string of the molecule is C[C@H](NC(=O)CSc1nnc(-c2ccco2)o1)C1CC1. The molecular formula is C13H15N3O3S. The Kier molecular flexibility index (Phi) is 3.77. The van der Waals surface area contributed by atoms with Gasteiger partial charge in [0.2, 0.25) is 5.91 Å². The maximum atomic E-state index is 11.8. The van der Waals surface area contributed by atoms with Crippen molar-refractivity contribution < 1.29 is 13.6 Å². The lowest BCUT2D eigenvalue weighted by atomic mass is 10.2. The summed E-state index contributed by atoms with van der Waals surface area (Å²) in [5.41, 5.74) is 0. The highest BCUT2D eigenvalue weighted by Crippen LogP contribution is 2.32. The van der Waals surface area contributed by atoms with Gasteiger partial charge in [0.15, 0.2) is 5.76 Å². The normalized spacial score (nSPS) is 16.1. The first-order valence-corrected chi connectivity index (χ1v) is 7.50. The maximum absolute atomic E-state index is 11.8. The fraction of sp³-hybridized carbons (Fsp3) is 0.462. The molecule has 1 fully saturated rings. The summed E-state index contributed by atoms with van der Waals surface area (Å²) in [6, 6.07) is 3.75. The Labute approximate surface area is 120 Å². The highest BCUT2D eigenvalue weighted by molar-refractivity contribution is 7.99. The molecule has 2 aromatic heterocycles.